The molecule has 0 bridgehead atoms. The van der Waals surface area contributed by atoms with Gasteiger partial charge in [0.15, 0.2) is 0 Å². The van der Waals surface area contributed by atoms with E-state index in [1.54, 1.807) is 19.2 Å². The number of nitrogens with zero attached hydrogens (tertiary/aromatic N) is 2. The van der Waals surface area contributed by atoms with Gasteiger partial charge >= 0.3 is 0 Å². The zero-order valence-corrected chi connectivity index (χ0v) is 9.46. The molecule has 1 aromatic heterocycles. The number of aryl methyl sites for hydroxylation is 1. The topological polar surface area (TPSA) is 28.7 Å². The summed E-state index contributed by atoms with van der Waals surface area (Å²) in [5.74, 6) is -0.948. The maximum absolute atomic E-state index is 13.7. The molecule has 2 nitrogen and oxygen atoms in total. The monoisotopic (exact) mass is 232 g/mol. The number of aromatic nitrogens is 1. The summed E-state index contributed by atoms with van der Waals surface area (Å²) in [4.78, 5) is 0. The predicted octanol–water partition coefficient (Wildman–Crippen LogP) is 3.15. The molecule has 0 aliphatic carbocycles. The summed E-state index contributed by atoms with van der Waals surface area (Å²) < 4.78 is 28.7. The molecule has 1 heterocycles. The average Bonchev–Trinajstić information content (AvgIpc) is 2.65. The summed E-state index contributed by atoms with van der Waals surface area (Å²) in [7, 11) is 1.64. The SMILES string of the molecule is Cc1cc(F)c(-c2ccc(C#N)n2C)cc1F. The first-order valence-electron chi connectivity index (χ1n) is 5.06. The van der Waals surface area contributed by atoms with Crippen molar-refractivity contribution in [3.63, 3.8) is 0 Å². The van der Waals surface area contributed by atoms with Gasteiger partial charge in [0.05, 0.1) is 5.69 Å². The zero-order valence-electron chi connectivity index (χ0n) is 9.46. The minimum atomic E-state index is -0.491. The highest BCUT2D eigenvalue weighted by Gasteiger charge is 2.13. The lowest BCUT2D eigenvalue weighted by atomic mass is 10.1. The maximum Gasteiger partial charge on any atom is 0.132 e. The molecule has 0 radical (unpaired) electrons. The largest absolute Gasteiger partial charge is 0.335 e. The van der Waals surface area contributed by atoms with Gasteiger partial charge in [-0.2, -0.15) is 5.26 Å². The first-order chi connectivity index (χ1) is 8.04. The number of benzene rings is 1. The van der Waals surface area contributed by atoms with Gasteiger partial charge in [-0.05, 0) is 36.8 Å². The highest BCUT2D eigenvalue weighted by Crippen LogP contribution is 2.26. The van der Waals surface area contributed by atoms with Crippen LogP contribution in [0, 0.1) is 29.9 Å². The van der Waals surface area contributed by atoms with E-state index < -0.39 is 11.6 Å². The van der Waals surface area contributed by atoms with Gasteiger partial charge in [0.2, 0.25) is 0 Å². The Hall–Kier alpha value is -2.15. The van der Waals surface area contributed by atoms with Crippen LogP contribution in [0.25, 0.3) is 11.3 Å². The molecule has 0 saturated carbocycles. The molecule has 0 aliphatic rings. The van der Waals surface area contributed by atoms with E-state index in [4.69, 9.17) is 5.26 Å². The average molecular weight is 232 g/mol. The molecule has 0 saturated heterocycles. The summed E-state index contributed by atoms with van der Waals surface area (Å²) >= 11 is 0. The molecule has 1 aromatic carbocycles. The van der Waals surface area contributed by atoms with Crippen molar-refractivity contribution < 1.29 is 8.78 Å². The number of hydrogen-bond acceptors (Lipinski definition) is 1. The molecule has 0 unspecified atom stereocenters. The van der Waals surface area contributed by atoms with E-state index in [9.17, 15) is 8.78 Å². The van der Waals surface area contributed by atoms with E-state index in [0.29, 0.717) is 11.4 Å². The molecular weight excluding hydrogens is 222 g/mol. The molecule has 0 amide bonds. The number of nitriles is 1. The van der Waals surface area contributed by atoms with E-state index in [0.717, 1.165) is 12.1 Å². The molecule has 4 heteroatoms. The smallest absolute Gasteiger partial charge is 0.132 e. The van der Waals surface area contributed by atoms with Crippen molar-refractivity contribution in [1.82, 2.24) is 4.57 Å². The highest BCUT2D eigenvalue weighted by molar-refractivity contribution is 5.63. The Balaban J connectivity index is 2.65. The Morgan fingerprint density at radius 3 is 2.47 bits per heavy atom. The molecular formula is C13H10F2N2. The van der Waals surface area contributed by atoms with Gasteiger partial charge in [-0.1, -0.05) is 0 Å². The highest BCUT2D eigenvalue weighted by atomic mass is 19.1. The summed E-state index contributed by atoms with van der Waals surface area (Å²) in [6.07, 6.45) is 0. The summed E-state index contributed by atoms with van der Waals surface area (Å²) in [6, 6.07) is 7.47. The van der Waals surface area contributed by atoms with E-state index in [-0.39, 0.29) is 11.1 Å². The Bertz CT molecular complexity index is 621. The van der Waals surface area contributed by atoms with Crippen LogP contribution in [-0.4, -0.2) is 4.57 Å². The van der Waals surface area contributed by atoms with Crippen LogP contribution >= 0.6 is 0 Å². The first kappa shape index (κ1) is 11.3. The minimum absolute atomic E-state index is 0.164. The van der Waals surface area contributed by atoms with E-state index >= 15 is 0 Å². The quantitative estimate of drug-likeness (QED) is 0.742. The third-order valence-electron chi connectivity index (χ3n) is 2.76. The van der Waals surface area contributed by atoms with Crippen LogP contribution in [0.1, 0.15) is 11.3 Å². The van der Waals surface area contributed by atoms with Crippen LogP contribution in [0.3, 0.4) is 0 Å². The van der Waals surface area contributed by atoms with Gasteiger partial charge in [-0.15, -0.1) is 0 Å². The van der Waals surface area contributed by atoms with Crippen molar-refractivity contribution in [3.8, 4) is 17.3 Å². The fourth-order valence-corrected chi connectivity index (χ4v) is 1.74. The normalized spacial score (nSPS) is 10.3. The molecule has 17 heavy (non-hydrogen) atoms. The maximum atomic E-state index is 13.7. The van der Waals surface area contributed by atoms with Crippen LogP contribution in [-0.2, 0) is 7.05 Å². The molecule has 0 N–H and O–H groups in total. The summed E-state index contributed by atoms with van der Waals surface area (Å²) in [6.45, 7) is 1.51. The van der Waals surface area contributed by atoms with Crippen LogP contribution in [0.5, 0.6) is 0 Å². The Morgan fingerprint density at radius 1 is 1.18 bits per heavy atom. The molecule has 0 aliphatic heterocycles. The predicted molar refractivity (Wildman–Crippen MR) is 60.2 cm³/mol. The molecule has 2 aromatic rings. The van der Waals surface area contributed by atoms with Crippen LogP contribution < -0.4 is 0 Å². The lowest BCUT2D eigenvalue weighted by Gasteiger charge is -2.07. The second-order valence-corrected chi connectivity index (χ2v) is 3.86. The van der Waals surface area contributed by atoms with Crippen LogP contribution in [0.4, 0.5) is 8.78 Å². The van der Waals surface area contributed by atoms with Crippen molar-refractivity contribution in [2.45, 2.75) is 6.92 Å². The molecule has 2 rings (SSSR count). The lowest BCUT2D eigenvalue weighted by Crippen LogP contribution is -1.98. The Labute approximate surface area is 97.7 Å². The van der Waals surface area contributed by atoms with Crippen molar-refractivity contribution in [3.05, 3.63) is 47.2 Å². The molecule has 0 atom stereocenters. The Kier molecular flexibility index (Phi) is 2.68. The van der Waals surface area contributed by atoms with Crippen molar-refractivity contribution in [2.24, 2.45) is 7.05 Å². The number of halogens is 2. The molecule has 0 spiro atoms. The van der Waals surface area contributed by atoms with Crippen LogP contribution in [0.2, 0.25) is 0 Å². The van der Waals surface area contributed by atoms with Crippen molar-refractivity contribution in [1.29, 1.82) is 5.26 Å². The van der Waals surface area contributed by atoms with Crippen molar-refractivity contribution in [2.75, 3.05) is 0 Å². The van der Waals surface area contributed by atoms with E-state index in [1.807, 2.05) is 6.07 Å². The third kappa shape index (κ3) is 1.80. The van der Waals surface area contributed by atoms with Crippen LogP contribution in [0.15, 0.2) is 24.3 Å². The molecule has 0 fully saturated rings. The lowest BCUT2D eigenvalue weighted by molar-refractivity contribution is 0.594. The van der Waals surface area contributed by atoms with Gasteiger partial charge in [0.25, 0.3) is 0 Å². The van der Waals surface area contributed by atoms with Gasteiger partial charge in [0.1, 0.15) is 23.4 Å². The fourth-order valence-electron chi connectivity index (χ4n) is 1.74. The minimum Gasteiger partial charge on any atom is -0.335 e. The zero-order chi connectivity index (χ0) is 12.6. The van der Waals surface area contributed by atoms with E-state index in [2.05, 4.69) is 0 Å². The van der Waals surface area contributed by atoms with E-state index in [1.165, 1.54) is 11.5 Å². The molecule has 86 valence electrons. The first-order valence-corrected chi connectivity index (χ1v) is 5.06. The van der Waals surface area contributed by atoms with Gasteiger partial charge in [0, 0.05) is 12.6 Å². The third-order valence-corrected chi connectivity index (χ3v) is 2.76. The summed E-state index contributed by atoms with van der Waals surface area (Å²) in [5, 5.41) is 8.81. The standard InChI is InChI=1S/C13H10F2N2/c1-8-5-12(15)10(6-11(8)14)13-4-3-9(7-16)17(13)2/h3-6H,1-2H3. The summed E-state index contributed by atoms with van der Waals surface area (Å²) in [5.41, 5.74) is 1.32. The van der Waals surface area contributed by atoms with Crippen molar-refractivity contribution >= 4 is 0 Å². The fraction of sp³-hybridized carbons (Fsp3) is 0.154. The second-order valence-electron chi connectivity index (χ2n) is 3.86. The van der Waals surface area contributed by atoms with Gasteiger partial charge in [-0.3, -0.25) is 0 Å². The van der Waals surface area contributed by atoms with Gasteiger partial charge < -0.3 is 4.57 Å². The van der Waals surface area contributed by atoms with Gasteiger partial charge in [-0.25, -0.2) is 8.78 Å². The number of rotatable bonds is 1. The Morgan fingerprint density at radius 2 is 1.88 bits per heavy atom. The second kappa shape index (κ2) is 4.02. The number of hydrogen-bond donors (Lipinski definition) is 0.